The molecule has 1 fully saturated rings. The SMILES string of the molecule is CCCCOc1ccc([C@@H](C)NC(=O)[C@@H]2CCC(=O)N2)cc1OC. The zero-order chi connectivity index (χ0) is 17.5. The summed E-state index contributed by atoms with van der Waals surface area (Å²) in [6, 6.07) is 5.04. The molecule has 2 rings (SSSR count). The highest BCUT2D eigenvalue weighted by Crippen LogP contribution is 2.30. The third kappa shape index (κ3) is 4.63. The Morgan fingerprint density at radius 1 is 1.42 bits per heavy atom. The highest BCUT2D eigenvalue weighted by molar-refractivity contribution is 5.90. The smallest absolute Gasteiger partial charge is 0.243 e. The second kappa shape index (κ2) is 8.57. The van der Waals surface area contributed by atoms with E-state index in [-0.39, 0.29) is 17.9 Å². The van der Waals surface area contributed by atoms with Crippen molar-refractivity contribution in [1.82, 2.24) is 10.6 Å². The van der Waals surface area contributed by atoms with Gasteiger partial charge < -0.3 is 20.1 Å². The van der Waals surface area contributed by atoms with Gasteiger partial charge in [0, 0.05) is 6.42 Å². The van der Waals surface area contributed by atoms with Crippen molar-refractivity contribution in [2.75, 3.05) is 13.7 Å². The molecule has 1 aromatic rings. The van der Waals surface area contributed by atoms with E-state index in [0.717, 1.165) is 18.4 Å². The molecule has 1 heterocycles. The zero-order valence-corrected chi connectivity index (χ0v) is 14.6. The van der Waals surface area contributed by atoms with Crippen molar-refractivity contribution in [2.45, 2.75) is 51.6 Å². The van der Waals surface area contributed by atoms with Crippen LogP contribution in [0.4, 0.5) is 0 Å². The van der Waals surface area contributed by atoms with Crippen LogP contribution in [0.3, 0.4) is 0 Å². The van der Waals surface area contributed by atoms with Gasteiger partial charge in [-0.3, -0.25) is 9.59 Å². The first-order valence-electron chi connectivity index (χ1n) is 8.45. The van der Waals surface area contributed by atoms with Crippen molar-refractivity contribution < 1.29 is 19.1 Å². The first-order chi connectivity index (χ1) is 11.5. The van der Waals surface area contributed by atoms with Crippen LogP contribution in [0.1, 0.15) is 51.1 Å². The van der Waals surface area contributed by atoms with Gasteiger partial charge in [-0.15, -0.1) is 0 Å². The van der Waals surface area contributed by atoms with Crippen molar-refractivity contribution in [1.29, 1.82) is 0 Å². The normalized spacial score (nSPS) is 18.0. The summed E-state index contributed by atoms with van der Waals surface area (Å²) in [6.07, 6.45) is 3.01. The Hall–Kier alpha value is -2.24. The molecule has 0 bridgehead atoms. The summed E-state index contributed by atoms with van der Waals surface area (Å²) in [7, 11) is 1.60. The molecule has 6 heteroatoms. The number of hydrogen-bond acceptors (Lipinski definition) is 4. The molecule has 1 aromatic carbocycles. The largest absolute Gasteiger partial charge is 0.493 e. The van der Waals surface area contributed by atoms with Crippen LogP contribution >= 0.6 is 0 Å². The van der Waals surface area contributed by atoms with Crippen molar-refractivity contribution in [3.05, 3.63) is 23.8 Å². The Morgan fingerprint density at radius 3 is 2.83 bits per heavy atom. The van der Waals surface area contributed by atoms with Gasteiger partial charge in [0.15, 0.2) is 11.5 Å². The number of benzene rings is 1. The van der Waals surface area contributed by atoms with Crippen LogP contribution in [0.5, 0.6) is 11.5 Å². The molecular weight excluding hydrogens is 308 g/mol. The van der Waals surface area contributed by atoms with E-state index in [2.05, 4.69) is 17.6 Å². The van der Waals surface area contributed by atoms with Gasteiger partial charge >= 0.3 is 0 Å². The third-order valence-corrected chi connectivity index (χ3v) is 4.11. The Morgan fingerprint density at radius 2 is 2.21 bits per heavy atom. The summed E-state index contributed by atoms with van der Waals surface area (Å²) in [5.74, 6) is 1.13. The summed E-state index contributed by atoms with van der Waals surface area (Å²) in [6.45, 7) is 4.67. The van der Waals surface area contributed by atoms with E-state index in [4.69, 9.17) is 9.47 Å². The van der Waals surface area contributed by atoms with Crippen LogP contribution < -0.4 is 20.1 Å². The fourth-order valence-corrected chi connectivity index (χ4v) is 2.61. The maximum absolute atomic E-state index is 12.2. The minimum absolute atomic E-state index is 0.0712. The lowest BCUT2D eigenvalue weighted by Crippen LogP contribution is -2.42. The molecule has 0 aromatic heterocycles. The number of hydrogen-bond donors (Lipinski definition) is 2. The van der Waals surface area contributed by atoms with Gasteiger partial charge in [-0.25, -0.2) is 0 Å². The Labute approximate surface area is 142 Å². The predicted octanol–water partition coefficient (Wildman–Crippen LogP) is 2.33. The molecule has 0 unspecified atom stereocenters. The van der Waals surface area contributed by atoms with Crippen LogP contribution in [0.15, 0.2) is 18.2 Å². The molecule has 0 saturated carbocycles. The fourth-order valence-electron chi connectivity index (χ4n) is 2.61. The topological polar surface area (TPSA) is 76.7 Å². The molecule has 1 aliphatic rings. The zero-order valence-electron chi connectivity index (χ0n) is 14.6. The monoisotopic (exact) mass is 334 g/mol. The Bertz CT molecular complexity index is 588. The Kier molecular flexibility index (Phi) is 6.46. The lowest BCUT2D eigenvalue weighted by atomic mass is 10.1. The highest BCUT2D eigenvalue weighted by atomic mass is 16.5. The van der Waals surface area contributed by atoms with Crippen LogP contribution in [-0.2, 0) is 9.59 Å². The summed E-state index contributed by atoms with van der Waals surface area (Å²) >= 11 is 0. The number of carbonyl (C=O) groups is 2. The van der Waals surface area contributed by atoms with Crippen LogP contribution in [-0.4, -0.2) is 31.6 Å². The van der Waals surface area contributed by atoms with Crippen molar-refractivity contribution in [2.24, 2.45) is 0 Å². The second-order valence-corrected chi connectivity index (χ2v) is 6.00. The molecule has 132 valence electrons. The lowest BCUT2D eigenvalue weighted by molar-refractivity contribution is -0.126. The van der Waals surface area contributed by atoms with Gasteiger partial charge in [-0.1, -0.05) is 19.4 Å². The lowest BCUT2D eigenvalue weighted by Gasteiger charge is -2.19. The van der Waals surface area contributed by atoms with Gasteiger partial charge in [0.1, 0.15) is 6.04 Å². The number of rotatable bonds is 8. The highest BCUT2D eigenvalue weighted by Gasteiger charge is 2.28. The molecule has 0 spiro atoms. The fraction of sp³-hybridized carbons (Fsp3) is 0.556. The first kappa shape index (κ1) is 18.1. The van der Waals surface area contributed by atoms with Gasteiger partial charge in [0.2, 0.25) is 11.8 Å². The predicted molar refractivity (Wildman–Crippen MR) is 91.1 cm³/mol. The summed E-state index contributed by atoms with van der Waals surface area (Å²) in [4.78, 5) is 23.4. The van der Waals surface area contributed by atoms with Crippen LogP contribution in [0, 0.1) is 0 Å². The van der Waals surface area contributed by atoms with Gasteiger partial charge in [0.05, 0.1) is 19.8 Å². The van der Waals surface area contributed by atoms with E-state index in [0.29, 0.717) is 30.9 Å². The number of methoxy groups -OCH3 is 1. The molecular formula is C18H26N2O4. The maximum atomic E-state index is 12.2. The van der Waals surface area contributed by atoms with Gasteiger partial charge in [-0.05, 0) is 37.5 Å². The molecule has 0 aliphatic carbocycles. The molecule has 2 atom stereocenters. The minimum Gasteiger partial charge on any atom is -0.493 e. The molecule has 24 heavy (non-hydrogen) atoms. The van der Waals surface area contributed by atoms with E-state index in [1.165, 1.54) is 0 Å². The molecule has 1 saturated heterocycles. The van der Waals surface area contributed by atoms with Gasteiger partial charge in [0.25, 0.3) is 0 Å². The maximum Gasteiger partial charge on any atom is 0.243 e. The molecule has 2 amide bonds. The molecule has 0 radical (unpaired) electrons. The quantitative estimate of drug-likeness (QED) is 0.715. The van der Waals surface area contributed by atoms with Crippen LogP contribution in [0.2, 0.25) is 0 Å². The van der Waals surface area contributed by atoms with E-state index < -0.39 is 6.04 Å². The average Bonchev–Trinajstić information content (AvgIpc) is 3.01. The van der Waals surface area contributed by atoms with E-state index in [1.54, 1.807) is 7.11 Å². The molecule has 1 aliphatic heterocycles. The standard InChI is InChI=1S/C18H26N2O4/c1-4-5-10-24-15-8-6-13(11-16(15)23-3)12(2)19-18(22)14-7-9-17(21)20-14/h6,8,11-12,14H,4-5,7,9-10H2,1-3H3,(H,19,22)(H,20,21)/t12-,14+/m1/s1. The molecule has 2 N–H and O–H groups in total. The van der Waals surface area contributed by atoms with Gasteiger partial charge in [-0.2, -0.15) is 0 Å². The van der Waals surface area contributed by atoms with Crippen LogP contribution in [0.25, 0.3) is 0 Å². The Balaban J connectivity index is 1.99. The van der Waals surface area contributed by atoms with Crippen molar-refractivity contribution in [3.63, 3.8) is 0 Å². The number of nitrogens with one attached hydrogen (secondary N) is 2. The number of amides is 2. The summed E-state index contributed by atoms with van der Waals surface area (Å²) in [5.41, 5.74) is 0.923. The number of carbonyl (C=O) groups excluding carboxylic acids is 2. The minimum atomic E-state index is -0.432. The van der Waals surface area contributed by atoms with E-state index in [1.807, 2.05) is 25.1 Å². The average molecular weight is 334 g/mol. The summed E-state index contributed by atoms with van der Waals surface area (Å²) < 4.78 is 11.1. The van der Waals surface area contributed by atoms with E-state index in [9.17, 15) is 9.59 Å². The third-order valence-electron chi connectivity index (χ3n) is 4.11. The van der Waals surface area contributed by atoms with E-state index >= 15 is 0 Å². The van der Waals surface area contributed by atoms with Crippen molar-refractivity contribution in [3.8, 4) is 11.5 Å². The first-order valence-corrected chi connectivity index (χ1v) is 8.45. The number of ether oxygens (including phenoxy) is 2. The second-order valence-electron chi connectivity index (χ2n) is 6.00. The number of unbranched alkanes of at least 4 members (excludes halogenated alkanes) is 1. The van der Waals surface area contributed by atoms with Crippen molar-refractivity contribution >= 4 is 11.8 Å². The summed E-state index contributed by atoms with van der Waals surface area (Å²) in [5, 5.41) is 5.61. The molecule has 6 nitrogen and oxygen atoms in total.